The Morgan fingerprint density at radius 3 is 2.87 bits per heavy atom. The molecule has 0 saturated heterocycles. The van der Waals surface area contributed by atoms with E-state index >= 15 is 0 Å². The van der Waals surface area contributed by atoms with Gasteiger partial charge in [0.15, 0.2) is 5.82 Å². The van der Waals surface area contributed by atoms with Crippen molar-refractivity contribution in [2.45, 2.75) is 13.0 Å². The van der Waals surface area contributed by atoms with Crippen LogP contribution in [0, 0.1) is 0 Å². The number of hydrogen-bond acceptors (Lipinski definition) is 5. The molecule has 1 amide bonds. The van der Waals surface area contributed by atoms with Crippen molar-refractivity contribution in [2.24, 2.45) is 0 Å². The molecule has 23 heavy (non-hydrogen) atoms. The van der Waals surface area contributed by atoms with Crippen molar-refractivity contribution in [3.63, 3.8) is 0 Å². The lowest BCUT2D eigenvalue weighted by molar-refractivity contribution is 0.0910. The van der Waals surface area contributed by atoms with E-state index in [1.54, 1.807) is 10.9 Å². The predicted molar refractivity (Wildman–Crippen MR) is 83.1 cm³/mol. The minimum absolute atomic E-state index is 0.0636. The van der Waals surface area contributed by atoms with Crippen molar-refractivity contribution in [3.05, 3.63) is 65.0 Å². The minimum atomic E-state index is -0.391. The molecule has 0 fully saturated rings. The Morgan fingerprint density at radius 2 is 2.13 bits per heavy atom. The summed E-state index contributed by atoms with van der Waals surface area (Å²) in [6, 6.07) is 9.89. The third-order valence-electron chi connectivity index (χ3n) is 3.11. The zero-order valence-electron chi connectivity index (χ0n) is 12.1. The number of benzene rings is 1. The van der Waals surface area contributed by atoms with E-state index in [1.165, 1.54) is 6.20 Å². The van der Waals surface area contributed by atoms with Gasteiger partial charge in [0.2, 0.25) is 0 Å². The molecule has 0 atom stereocenters. The maximum Gasteiger partial charge on any atom is 0.316 e. The van der Waals surface area contributed by atoms with Gasteiger partial charge in [-0.3, -0.25) is 9.48 Å². The Bertz CT molecular complexity index is 784. The van der Waals surface area contributed by atoms with E-state index in [-0.39, 0.29) is 12.4 Å². The molecular formula is C15H14ClN5O2. The molecule has 0 saturated carbocycles. The average molecular weight is 332 g/mol. The highest BCUT2D eigenvalue weighted by Crippen LogP contribution is 2.06. The number of aromatic nitrogens is 4. The van der Waals surface area contributed by atoms with Crippen molar-refractivity contribution in [1.29, 1.82) is 0 Å². The average Bonchev–Trinajstić information content (AvgIpc) is 3.18. The number of amides is 1. The Morgan fingerprint density at radius 1 is 1.30 bits per heavy atom. The summed E-state index contributed by atoms with van der Waals surface area (Å²) in [7, 11) is 0. The number of halogens is 1. The van der Waals surface area contributed by atoms with Crippen LogP contribution in [0.2, 0.25) is 5.02 Å². The zero-order chi connectivity index (χ0) is 16.1. The lowest BCUT2D eigenvalue weighted by Gasteiger charge is -2.02. The first-order valence-corrected chi connectivity index (χ1v) is 7.41. The third kappa shape index (κ3) is 4.17. The normalized spacial score (nSPS) is 10.7. The number of rotatable bonds is 6. The molecule has 0 bridgehead atoms. The Balaban J connectivity index is 1.52. The molecule has 0 spiro atoms. The molecule has 3 aromatic rings. The largest absolute Gasteiger partial charge is 0.347 e. The summed E-state index contributed by atoms with van der Waals surface area (Å²) < 4.78 is 6.52. The van der Waals surface area contributed by atoms with Gasteiger partial charge in [0.05, 0.1) is 11.2 Å². The number of carbonyl (C=O) groups excluding carboxylic acids is 1. The van der Waals surface area contributed by atoms with Crippen LogP contribution in [-0.4, -0.2) is 32.4 Å². The second-order valence-corrected chi connectivity index (χ2v) is 5.30. The van der Waals surface area contributed by atoms with Gasteiger partial charge in [0, 0.05) is 12.7 Å². The van der Waals surface area contributed by atoms with Gasteiger partial charge >= 0.3 is 11.8 Å². The molecule has 8 heteroatoms. The molecule has 1 aromatic carbocycles. The first-order valence-electron chi connectivity index (χ1n) is 7.03. The van der Waals surface area contributed by atoms with Crippen LogP contribution in [0.1, 0.15) is 22.1 Å². The molecule has 2 heterocycles. The summed E-state index contributed by atoms with van der Waals surface area (Å²) in [5.41, 5.74) is 1.15. The fraction of sp³-hybridized carbons (Fsp3) is 0.200. The van der Waals surface area contributed by atoms with E-state index in [1.807, 2.05) is 30.3 Å². The monoisotopic (exact) mass is 331 g/mol. The second-order valence-electron chi connectivity index (χ2n) is 4.86. The van der Waals surface area contributed by atoms with Gasteiger partial charge in [-0.25, -0.2) is 0 Å². The molecule has 0 radical (unpaired) electrons. The van der Waals surface area contributed by atoms with Crippen LogP contribution in [-0.2, 0) is 13.0 Å². The Kier molecular flexibility index (Phi) is 4.68. The summed E-state index contributed by atoms with van der Waals surface area (Å²) in [5, 5.41) is 11.0. The van der Waals surface area contributed by atoms with Gasteiger partial charge in [0.25, 0.3) is 0 Å². The Labute approximate surface area is 137 Å². The molecule has 7 nitrogen and oxygen atoms in total. The van der Waals surface area contributed by atoms with Gasteiger partial charge in [-0.1, -0.05) is 47.1 Å². The zero-order valence-corrected chi connectivity index (χ0v) is 12.9. The fourth-order valence-electron chi connectivity index (χ4n) is 2.02. The number of hydrogen-bond donors (Lipinski definition) is 1. The van der Waals surface area contributed by atoms with Crippen LogP contribution in [0.5, 0.6) is 0 Å². The SMILES string of the molecule is O=C(NCCc1ccccc1)c1nc(Cn2cc(Cl)cn2)no1. The molecular weight excluding hydrogens is 318 g/mol. The van der Waals surface area contributed by atoms with Crippen LogP contribution in [0.25, 0.3) is 0 Å². The molecule has 0 aliphatic carbocycles. The molecule has 1 N–H and O–H groups in total. The van der Waals surface area contributed by atoms with E-state index in [9.17, 15) is 4.79 Å². The molecule has 3 rings (SSSR count). The molecule has 0 aliphatic heterocycles. The number of nitrogens with zero attached hydrogens (tertiary/aromatic N) is 4. The first-order chi connectivity index (χ1) is 11.2. The maximum atomic E-state index is 12.0. The smallest absolute Gasteiger partial charge is 0.316 e. The van der Waals surface area contributed by atoms with Crippen molar-refractivity contribution < 1.29 is 9.32 Å². The first kappa shape index (κ1) is 15.2. The van der Waals surface area contributed by atoms with Crippen LogP contribution in [0.15, 0.2) is 47.2 Å². The van der Waals surface area contributed by atoms with E-state index in [4.69, 9.17) is 16.1 Å². The highest BCUT2D eigenvalue weighted by Gasteiger charge is 2.15. The molecule has 0 aliphatic rings. The maximum absolute atomic E-state index is 12.0. The van der Waals surface area contributed by atoms with Gasteiger partial charge < -0.3 is 9.84 Å². The van der Waals surface area contributed by atoms with Gasteiger partial charge in [0.1, 0.15) is 6.54 Å². The van der Waals surface area contributed by atoms with E-state index < -0.39 is 5.91 Å². The predicted octanol–water partition coefficient (Wildman–Crippen LogP) is 1.94. The fourth-order valence-corrected chi connectivity index (χ4v) is 2.18. The van der Waals surface area contributed by atoms with Gasteiger partial charge in [-0.15, -0.1) is 0 Å². The molecule has 0 unspecified atom stereocenters. The molecule has 2 aromatic heterocycles. The summed E-state index contributed by atoms with van der Waals surface area (Å²) in [4.78, 5) is 16.0. The minimum Gasteiger partial charge on any atom is -0.347 e. The quantitative estimate of drug-likeness (QED) is 0.746. The second kappa shape index (κ2) is 7.06. The van der Waals surface area contributed by atoms with Gasteiger partial charge in [-0.2, -0.15) is 10.1 Å². The number of nitrogens with one attached hydrogen (secondary N) is 1. The van der Waals surface area contributed by atoms with Crippen LogP contribution < -0.4 is 5.32 Å². The van der Waals surface area contributed by atoms with E-state index in [0.717, 1.165) is 12.0 Å². The number of carbonyl (C=O) groups is 1. The molecule has 118 valence electrons. The topological polar surface area (TPSA) is 85.8 Å². The van der Waals surface area contributed by atoms with E-state index in [0.29, 0.717) is 17.4 Å². The summed E-state index contributed by atoms with van der Waals surface area (Å²) in [6.07, 6.45) is 3.88. The lowest BCUT2D eigenvalue weighted by atomic mass is 10.1. The highest BCUT2D eigenvalue weighted by molar-refractivity contribution is 6.30. The summed E-state index contributed by atoms with van der Waals surface area (Å²) in [5.74, 6) is -0.0949. The highest BCUT2D eigenvalue weighted by atomic mass is 35.5. The van der Waals surface area contributed by atoms with Crippen molar-refractivity contribution >= 4 is 17.5 Å². The van der Waals surface area contributed by atoms with E-state index in [2.05, 4.69) is 20.6 Å². The van der Waals surface area contributed by atoms with Crippen molar-refractivity contribution in [1.82, 2.24) is 25.2 Å². The van der Waals surface area contributed by atoms with Crippen LogP contribution in [0.3, 0.4) is 0 Å². The third-order valence-corrected chi connectivity index (χ3v) is 3.30. The summed E-state index contributed by atoms with van der Waals surface area (Å²) in [6.45, 7) is 0.781. The lowest BCUT2D eigenvalue weighted by Crippen LogP contribution is -2.26. The van der Waals surface area contributed by atoms with Gasteiger partial charge in [-0.05, 0) is 12.0 Å². The summed E-state index contributed by atoms with van der Waals surface area (Å²) >= 11 is 5.78. The van der Waals surface area contributed by atoms with Crippen LogP contribution in [0.4, 0.5) is 0 Å². The van der Waals surface area contributed by atoms with Crippen LogP contribution >= 0.6 is 11.6 Å². The van der Waals surface area contributed by atoms with Crippen molar-refractivity contribution in [3.8, 4) is 0 Å². The van der Waals surface area contributed by atoms with Crippen molar-refractivity contribution in [2.75, 3.05) is 6.54 Å². The standard InChI is InChI=1S/C15H14ClN5O2/c16-12-8-18-21(9-12)10-13-19-15(23-20-13)14(22)17-7-6-11-4-2-1-3-5-11/h1-5,8-9H,6-7,10H2,(H,17,22). The Hall–Kier alpha value is -2.67.